The molecule has 1 aliphatic heterocycles. The predicted octanol–water partition coefficient (Wildman–Crippen LogP) is -2.98. The van der Waals surface area contributed by atoms with Crippen LogP contribution in [0, 0.1) is 0 Å². The fourth-order valence-electron chi connectivity index (χ4n) is 2.62. The second-order valence-corrected chi connectivity index (χ2v) is 5.87. The van der Waals surface area contributed by atoms with E-state index in [-0.39, 0.29) is 19.4 Å². The Hall–Kier alpha value is -2.69. The first-order valence-corrected chi connectivity index (χ1v) is 7.79. The van der Waals surface area contributed by atoms with Crippen LogP contribution in [0.3, 0.4) is 0 Å². The summed E-state index contributed by atoms with van der Waals surface area (Å²) in [6.45, 7) is 0.228. The number of aliphatic carboxylic acids is 1. The number of hydrogen-bond acceptors (Lipinski definition) is 6. The molecule has 0 radical (unpaired) electrons. The summed E-state index contributed by atoms with van der Waals surface area (Å²) in [6, 6.07) is -3.41. The van der Waals surface area contributed by atoms with E-state index in [1.807, 2.05) is 0 Å². The number of nitrogens with zero attached hydrogens (tertiary/aromatic N) is 1. The van der Waals surface area contributed by atoms with Gasteiger partial charge in [0, 0.05) is 13.0 Å². The molecule has 1 fully saturated rings. The van der Waals surface area contributed by atoms with Gasteiger partial charge in [-0.25, -0.2) is 4.79 Å². The molecule has 0 bridgehead atoms. The molecular weight excluding hydrogens is 334 g/mol. The van der Waals surface area contributed by atoms with Gasteiger partial charge in [0.2, 0.25) is 23.6 Å². The molecule has 1 heterocycles. The number of hydrogen-bond donors (Lipinski definition) is 5. The molecule has 1 saturated heterocycles. The van der Waals surface area contributed by atoms with Gasteiger partial charge in [0.15, 0.2) is 0 Å². The summed E-state index contributed by atoms with van der Waals surface area (Å²) in [6.07, 6.45) is 0.114. The summed E-state index contributed by atoms with van der Waals surface area (Å²) in [4.78, 5) is 58.8. The van der Waals surface area contributed by atoms with Crippen LogP contribution in [-0.4, -0.2) is 64.3 Å². The minimum absolute atomic E-state index is 0.105. The van der Waals surface area contributed by atoms with Crippen LogP contribution in [0.25, 0.3) is 0 Å². The lowest BCUT2D eigenvalue weighted by Gasteiger charge is -2.27. The highest BCUT2D eigenvalue weighted by Gasteiger charge is 2.38. The lowest BCUT2D eigenvalue weighted by molar-refractivity contribution is -0.149. The van der Waals surface area contributed by atoms with Gasteiger partial charge in [-0.3, -0.25) is 19.2 Å². The Labute approximate surface area is 143 Å². The van der Waals surface area contributed by atoms with E-state index in [1.165, 1.54) is 0 Å². The highest BCUT2D eigenvalue weighted by Crippen LogP contribution is 2.19. The highest BCUT2D eigenvalue weighted by molar-refractivity contribution is 5.93. The topological polar surface area (TPSA) is 199 Å². The molecule has 140 valence electrons. The molecule has 8 N–H and O–H groups in total. The molecule has 4 amide bonds. The van der Waals surface area contributed by atoms with Gasteiger partial charge >= 0.3 is 5.97 Å². The van der Waals surface area contributed by atoms with Crippen molar-refractivity contribution in [3.8, 4) is 0 Å². The molecule has 0 saturated carbocycles. The first kappa shape index (κ1) is 20.4. The van der Waals surface area contributed by atoms with Gasteiger partial charge in [-0.15, -0.1) is 0 Å². The van der Waals surface area contributed by atoms with Crippen LogP contribution in [0.4, 0.5) is 0 Å². The molecule has 11 heteroatoms. The zero-order chi connectivity index (χ0) is 19.1. The van der Waals surface area contributed by atoms with Crippen molar-refractivity contribution in [1.29, 1.82) is 0 Å². The first-order chi connectivity index (χ1) is 11.6. The van der Waals surface area contributed by atoms with Crippen LogP contribution < -0.4 is 22.5 Å². The SMILES string of the molecule is NC(=O)CCC(NC(=O)C(N)CC(N)=O)C(=O)N1CCCC1C(=O)O. The van der Waals surface area contributed by atoms with Crippen molar-refractivity contribution in [2.45, 2.75) is 50.2 Å². The number of carboxylic acids is 1. The van der Waals surface area contributed by atoms with Crippen molar-refractivity contribution in [2.75, 3.05) is 6.54 Å². The Morgan fingerprint density at radius 2 is 1.80 bits per heavy atom. The van der Waals surface area contributed by atoms with Gasteiger partial charge in [0.1, 0.15) is 12.1 Å². The number of likely N-dealkylation sites (tertiary alicyclic amines) is 1. The van der Waals surface area contributed by atoms with E-state index in [0.29, 0.717) is 12.8 Å². The number of primary amides is 2. The Balaban J connectivity index is 2.86. The monoisotopic (exact) mass is 357 g/mol. The third-order valence-corrected chi connectivity index (χ3v) is 3.87. The van der Waals surface area contributed by atoms with E-state index in [1.54, 1.807) is 0 Å². The quantitative estimate of drug-likeness (QED) is 0.289. The third kappa shape index (κ3) is 6.03. The summed E-state index contributed by atoms with van der Waals surface area (Å²) in [5.41, 5.74) is 15.6. The second-order valence-electron chi connectivity index (χ2n) is 5.87. The van der Waals surface area contributed by atoms with Crippen LogP contribution in [0.1, 0.15) is 32.1 Å². The molecule has 3 atom stereocenters. The molecule has 0 aromatic rings. The van der Waals surface area contributed by atoms with E-state index in [9.17, 15) is 29.1 Å². The number of carbonyl (C=O) groups is 5. The smallest absolute Gasteiger partial charge is 0.326 e. The number of amides is 4. The van der Waals surface area contributed by atoms with Gasteiger partial charge in [0.05, 0.1) is 12.5 Å². The number of carbonyl (C=O) groups excluding carboxylic acids is 4. The minimum Gasteiger partial charge on any atom is -0.480 e. The molecule has 25 heavy (non-hydrogen) atoms. The van der Waals surface area contributed by atoms with Gasteiger partial charge in [-0.1, -0.05) is 0 Å². The maximum absolute atomic E-state index is 12.6. The van der Waals surface area contributed by atoms with Gasteiger partial charge in [-0.05, 0) is 19.3 Å². The van der Waals surface area contributed by atoms with Crippen molar-refractivity contribution in [3.05, 3.63) is 0 Å². The molecule has 3 unspecified atom stereocenters. The van der Waals surface area contributed by atoms with Crippen LogP contribution in [-0.2, 0) is 24.0 Å². The van der Waals surface area contributed by atoms with Crippen LogP contribution >= 0.6 is 0 Å². The Bertz CT molecular complexity index is 566. The fourth-order valence-corrected chi connectivity index (χ4v) is 2.62. The van der Waals surface area contributed by atoms with Crippen molar-refractivity contribution in [2.24, 2.45) is 17.2 Å². The standard InChI is InChI=1S/C14H23N5O6/c15-7(6-11(17)21)12(22)18-8(3-4-10(16)20)13(23)19-5-1-2-9(19)14(24)25/h7-9H,1-6,15H2,(H2,16,20)(H2,17,21)(H,18,22)(H,24,25). The zero-order valence-corrected chi connectivity index (χ0v) is 13.6. The lowest BCUT2D eigenvalue weighted by Crippen LogP contribution is -2.55. The third-order valence-electron chi connectivity index (χ3n) is 3.87. The molecule has 0 aromatic heterocycles. The minimum atomic E-state index is -1.25. The Morgan fingerprint density at radius 3 is 2.32 bits per heavy atom. The summed E-state index contributed by atoms with van der Waals surface area (Å²) in [5.74, 6) is -4.03. The maximum Gasteiger partial charge on any atom is 0.326 e. The average Bonchev–Trinajstić information content (AvgIpc) is 2.99. The van der Waals surface area contributed by atoms with Crippen molar-refractivity contribution >= 4 is 29.6 Å². The lowest BCUT2D eigenvalue weighted by atomic mass is 10.1. The number of nitrogens with two attached hydrogens (primary N) is 3. The van der Waals surface area contributed by atoms with Crippen molar-refractivity contribution in [3.63, 3.8) is 0 Å². The molecule has 11 nitrogen and oxygen atoms in total. The van der Waals surface area contributed by atoms with E-state index < -0.39 is 54.1 Å². The maximum atomic E-state index is 12.6. The average molecular weight is 357 g/mol. The fraction of sp³-hybridized carbons (Fsp3) is 0.643. The normalized spacial score (nSPS) is 19.1. The Morgan fingerprint density at radius 1 is 1.16 bits per heavy atom. The summed E-state index contributed by atoms with van der Waals surface area (Å²) >= 11 is 0. The molecule has 0 aliphatic carbocycles. The van der Waals surface area contributed by atoms with E-state index >= 15 is 0 Å². The van der Waals surface area contributed by atoms with Gasteiger partial charge in [0.25, 0.3) is 0 Å². The first-order valence-electron chi connectivity index (χ1n) is 7.79. The molecule has 1 aliphatic rings. The molecule has 0 aromatic carbocycles. The molecular formula is C14H23N5O6. The van der Waals surface area contributed by atoms with Crippen LogP contribution in [0.2, 0.25) is 0 Å². The van der Waals surface area contributed by atoms with Crippen LogP contribution in [0.5, 0.6) is 0 Å². The van der Waals surface area contributed by atoms with Crippen LogP contribution in [0.15, 0.2) is 0 Å². The summed E-state index contributed by atoms with van der Waals surface area (Å²) in [5, 5.41) is 11.5. The van der Waals surface area contributed by atoms with Crippen molar-refractivity contribution < 1.29 is 29.1 Å². The summed E-state index contributed by atoms with van der Waals surface area (Å²) in [7, 11) is 0. The highest BCUT2D eigenvalue weighted by atomic mass is 16.4. The number of rotatable bonds is 9. The Kier molecular flexibility index (Phi) is 7.30. The largest absolute Gasteiger partial charge is 0.480 e. The van der Waals surface area contributed by atoms with E-state index in [2.05, 4.69) is 5.32 Å². The predicted molar refractivity (Wildman–Crippen MR) is 84.5 cm³/mol. The van der Waals surface area contributed by atoms with Crippen molar-refractivity contribution in [1.82, 2.24) is 10.2 Å². The van der Waals surface area contributed by atoms with Gasteiger partial charge in [-0.2, -0.15) is 0 Å². The van der Waals surface area contributed by atoms with E-state index in [0.717, 1.165) is 4.90 Å². The van der Waals surface area contributed by atoms with Gasteiger partial charge < -0.3 is 32.5 Å². The summed E-state index contributed by atoms with van der Waals surface area (Å²) < 4.78 is 0. The number of nitrogens with one attached hydrogen (secondary N) is 1. The molecule has 0 spiro atoms. The molecule has 1 rings (SSSR count). The second kappa shape index (κ2) is 8.97. The zero-order valence-electron chi connectivity index (χ0n) is 13.6. The number of carboxylic acid groups (broad SMARTS) is 1. The van der Waals surface area contributed by atoms with E-state index in [4.69, 9.17) is 17.2 Å².